The van der Waals surface area contributed by atoms with E-state index in [1.54, 1.807) is 12.1 Å². The fourth-order valence-electron chi connectivity index (χ4n) is 3.86. The van der Waals surface area contributed by atoms with Crippen LogP contribution in [0.5, 0.6) is 0 Å². The maximum Gasteiger partial charge on any atom is 0.123 e. The van der Waals surface area contributed by atoms with Gasteiger partial charge < -0.3 is 4.74 Å². The highest BCUT2D eigenvalue weighted by Crippen LogP contribution is 2.37. The molecule has 142 valence electrons. The van der Waals surface area contributed by atoms with E-state index < -0.39 is 0 Å². The zero-order chi connectivity index (χ0) is 18.9. The van der Waals surface area contributed by atoms with Crippen LogP contribution in [0.15, 0.2) is 36.7 Å². The summed E-state index contributed by atoms with van der Waals surface area (Å²) in [6.07, 6.45) is 5.62. The molecule has 27 heavy (non-hydrogen) atoms. The van der Waals surface area contributed by atoms with E-state index in [1.807, 2.05) is 34.7 Å². The predicted molar refractivity (Wildman–Crippen MR) is 99.8 cm³/mol. The lowest BCUT2D eigenvalue weighted by Crippen LogP contribution is -2.38. The molecule has 1 aliphatic rings. The molecular weight excluding hydrogens is 345 g/mol. The molecule has 0 radical (unpaired) electrons. The van der Waals surface area contributed by atoms with Crippen molar-refractivity contribution in [1.29, 1.82) is 0 Å². The van der Waals surface area contributed by atoms with Crippen LogP contribution in [-0.2, 0) is 23.2 Å². The molecule has 0 aliphatic carbocycles. The van der Waals surface area contributed by atoms with E-state index in [-0.39, 0.29) is 11.2 Å². The number of benzene rings is 1. The summed E-state index contributed by atoms with van der Waals surface area (Å²) in [7, 11) is 0. The Morgan fingerprint density at radius 2 is 2.00 bits per heavy atom. The van der Waals surface area contributed by atoms with Crippen LogP contribution in [0, 0.1) is 12.7 Å². The SMILES string of the molecule is CCn1cc(-c2cn(CC3(c4cccc(F)c4)CCOCC3)nn2)c(C)n1. The van der Waals surface area contributed by atoms with Crippen molar-refractivity contribution in [3.05, 3.63) is 53.7 Å². The molecule has 0 N–H and O–H groups in total. The molecule has 0 bridgehead atoms. The minimum Gasteiger partial charge on any atom is -0.381 e. The van der Waals surface area contributed by atoms with Crippen molar-refractivity contribution < 1.29 is 9.13 Å². The quantitative estimate of drug-likeness (QED) is 0.692. The first kappa shape index (κ1) is 17.9. The second kappa shape index (κ2) is 7.23. The molecule has 0 saturated carbocycles. The summed E-state index contributed by atoms with van der Waals surface area (Å²) < 4.78 is 23.2. The molecule has 3 aromatic rings. The van der Waals surface area contributed by atoms with Crippen molar-refractivity contribution in [3.8, 4) is 11.3 Å². The molecule has 1 fully saturated rings. The third kappa shape index (κ3) is 3.51. The average molecular weight is 369 g/mol. The standard InChI is InChI=1S/C20H24FN5O/c1-3-25-12-18(15(2)23-25)19-13-26(24-22-19)14-20(7-9-27-10-8-20)16-5-4-6-17(21)11-16/h4-6,11-13H,3,7-10,14H2,1-2H3. The molecule has 1 saturated heterocycles. The number of halogens is 1. The summed E-state index contributed by atoms with van der Waals surface area (Å²) in [6.45, 7) is 6.83. The Labute approximate surface area is 158 Å². The highest BCUT2D eigenvalue weighted by Gasteiger charge is 2.35. The molecule has 6 nitrogen and oxygen atoms in total. The monoisotopic (exact) mass is 369 g/mol. The minimum atomic E-state index is -0.208. The Morgan fingerprint density at radius 1 is 1.19 bits per heavy atom. The van der Waals surface area contributed by atoms with E-state index in [4.69, 9.17) is 4.74 Å². The summed E-state index contributed by atoms with van der Waals surface area (Å²) in [4.78, 5) is 0. The number of hydrogen-bond acceptors (Lipinski definition) is 4. The summed E-state index contributed by atoms with van der Waals surface area (Å²) in [6, 6.07) is 6.90. The first-order chi connectivity index (χ1) is 13.1. The van der Waals surface area contributed by atoms with Gasteiger partial charge in [-0.25, -0.2) is 4.39 Å². The zero-order valence-corrected chi connectivity index (χ0v) is 15.7. The molecule has 4 rings (SSSR count). The Kier molecular flexibility index (Phi) is 4.78. The number of hydrogen-bond donors (Lipinski definition) is 0. The van der Waals surface area contributed by atoms with E-state index in [0.717, 1.165) is 41.9 Å². The van der Waals surface area contributed by atoms with Gasteiger partial charge in [0.2, 0.25) is 0 Å². The van der Waals surface area contributed by atoms with Gasteiger partial charge >= 0.3 is 0 Å². The Balaban J connectivity index is 1.64. The summed E-state index contributed by atoms with van der Waals surface area (Å²) in [5.74, 6) is -0.208. The zero-order valence-electron chi connectivity index (χ0n) is 15.7. The number of rotatable bonds is 5. The molecular formula is C20H24FN5O. The minimum absolute atomic E-state index is 0.200. The van der Waals surface area contributed by atoms with Crippen molar-refractivity contribution in [2.24, 2.45) is 0 Å². The molecule has 0 atom stereocenters. The molecule has 7 heteroatoms. The van der Waals surface area contributed by atoms with E-state index in [1.165, 1.54) is 6.07 Å². The second-order valence-corrected chi connectivity index (χ2v) is 7.19. The van der Waals surface area contributed by atoms with Gasteiger partial charge in [-0.05, 0) is 44.4 Å². The summed E-state index contributed by atoms with van der Waals surface area (Å²) >= 11 is 0. The van der Waals surface area contributed by atoms with Crippen molar-refractivity contribution >= 4 is 0 Å². The number of ether oxygens (including phenoxy) is 1. The fourth-order valence-corrected chi connectivity index (χ4v) is 3.86. The maximum atomic E-state index is 13.9. The van der Waals surface area contributed by atoms with Gasteiger partial charge in [-0.3, -0.25) is 9.36 Å². The molecule has 1 aliphatic heterocycles. The van der Waals surface area contributed by atoms with Crippen LogP contribution < -0.4 is 0 Å². The van der Waals surface area contributed by atoms with Crippen LogP contribution in [0.3, 0.4) is 0 Å². The van der Waals surface area contributed by atoms with E-state index in [0.29, 0.717) is 19.8 Å². The molecule has 2 aromatic heterocycles. The molecule has 3 heterocycles. The lowest BCUT2D eigenvalue weighted by atomic mass is 9.74. The largest absolute Gasteiger partial charge is 0.381 e. The lowest BCUT2D eigenvalue weighted by molar-refractivity contribution is 0.0418. The predicted octanol–water partition coefficient (Wildman–Crippen LogP) is 3.36. The average Bonchev–Trinajstić information content (AvgIpc) is 3.28. The van der Waals surface area contributed by atoms with E-state index in [9.17, 15) is 4.39 Å². The van der Waals surface area contributed by atoms with Gasteiger partial charge in [0.1, 0.15) is 11.5 Å². The second-order valence-electron chi connectivity index (χ2n) is 7.19. The summed E-state index contributed by atoms with van der Waals surface area (Å²) in [5, 5.41) is 13.2. The highest BCUT2D eigenvalue weighted by molar-refractivity contribution is 5.59. The maximum absolute atomic E-state index is 13.9. The molecule has 0 spiro atoms. The highest BCUT2D eigenvalue weighted by atomic mass is 19.1. The van der Waals surface area contributed by atoms with Crippen LogP contribution in [0.1, 0.15) is 31.0 Å². The fraction of sp³-hybridized carbons (Fsp3) is 0.450. The van der Waals surface area contributed by atoms with Crippen LogP contribution in [0.2, 0.25) is 0 Å². The summed E-state index contributed by atoms with van der Waals surface area (Å²) in [5.41, 5.74) is 3.55. The Hall–Kier alpha value is -2.54. The van der Waals surface area contributed by atoms with Gasteiger partial charge in [0.15, 0.2) is 0 Å². The van der Waals surface area contributed by atoms with Gasteiger partial charge in [0.05, 0.1) is 18.4 Å². The third-order valence-electron chi connectivity index (χ3n) is 5.44. The Bertz CT molecular complexity index is 926. The normalized spacial score (nSPS) is 16.6. The molecule has 1 aromatic carbocycles. The van der Waals surface area contributed by atoms with Gasteiger partial charge in [0.25, 0.3) is 0 Å². The van der Waals surface area contributed by atoms with Crippen molar-refractivity contribution in [1.82, 2.24) is 24.8 Å². The van der Waals surface area contributed by atoms with E-state index in [2.05, 4.69) is 22.3 Å². The van der Waals surface area contributed by atoms with Crippen LogP contribution in [-0.4, -0.2) is 38.0 Å². The van der Waals surface area contributed by atoms with Gasteiger partial charge in [-0.15, -0.1) is 5.10 Å². The number of aryl methyl sites for hydroxylation is 2. The van der Waals surface area contributed by atoms with Gasteiger partial charge in [-0.2, -0.15) is 5.10 Å². The van der Waals surface area contributed by atoms with Crippen molar-refractivity contribution in [2.75, 3.05) is 13.2 Å². The molecule has 0 amide bonds. The van der Waals surface area contributed by atoms with E-state index >= 15 is 0 Å². The third-order valence-corrected chi connectivity index (χ3v) is 5.44. The van der Waals surface area contributed by atoms with Crippen LogP contribution in [0.25, 0.3) is 11.3 Å². The number of aromatic nitrogens is 5. The first-order valence-electron chi connectivity index (χ1n) is 9.38. The lowest BCUT2D eigenvalue weighted by Gasteiger charge is -2.37. The first-order valence-corrected chi connectivity index (χ1v) is 9.38. The smallest absolute Gasteiger partial charge is 0.123 e. The topological polar surface area (TPSA) is 57.8 Å². The Morgan fingerprint density at radius 3 is 2.70 bits per heavy atom. The van der Waals surface area contributed by atoms with Gasteiger partial charge in [-0.1, -0.05) is 17.3 Å². The van der Waals surface area contributed by atoms with Crippen molar-refractivity contribution in [3.63, 3.8) is 0 Å². The number of nitrogens with zero attached hydrogens (tertiary/aromatic N) is 5. The van der Waals surface area contributed by atoms with Gasteiger partial charge in [0, 0.05) is 36.9 Å². The van der Waals surface area contributed by atoms with Crippen LogP contribution in [0.4, 0.5) is 4.39 Å². The molecule has 0 unspecified atom stereocenters. The van der Waals surface area contributed by atoms with Crippen molar-refractivity contribution in [2.45, 2.75) is 45.2 Å². The van der Waals surface area contributed by atoms with Crippen LogP contribution >= 0.6 is 0 Å².